The van der Waals surface area contributed by atoms with Crippen molar-refractivity contribution in [2.24, 2.45) is 0 Å². The molecule has 112 valence electrons. The molecular weight excluding hydrogens is 296 g/mol. The largest absolute Gasteiger partial charge is 0.279 e. The molecular formula is C14H21ClN2O2S. The Labute approximate surface area is 126 Å². The van der Waals surface area contributed by atoms with E-state index in [1.165, 1.54) is 4.31 Å². The standard InChI is InChI=1S/C14H21ClN2O2S/c15-12-14(11-13-7-3-1-4-8-13)16-20(18,19)17-9-5-2-6-10-17/h1,3-4,7-8,14,16H,2,5-6,9-12H2. The monoisotopic (exact) mass is 316 g/mol. The van der Waals surface area contributed by atoms with Crippen LogP contribution in [0.2, 0.25) is 0 Å². The number of benzene rings is 1. The molecule has 0 bridgehead atoms. The van der Waals surface area contributed by atoms with Crippen molar-refractivity contribution < 1.29 is 8.42 Å². The van der Waals surface area contributed by atoms with Gasteiger partial charge in [-0.3, -0.25) is 0 Å². The molecule has 1 unspecified atom stereocenters. The maximum Gasteiger partial charge on any atom is 0.279 e. The summed E-state index contributed by atoms with van der Waals surface area (Å²) in [6, 6.07) is 9.52. The lowest BCUT2D eigenvalue weighted by Crippen LogP contribution is -2.48. The summed E-state index contributed by atoms with van der Waals surface area (Å²) in [6.45, 7) is 1.21. The summed E-state index contributed by atoms with van der Waals surface area (Å²) in [5, 5.41) is 0. The van der Waals surface area contributed by atoms with Crippen LogP contribution in [-0.4, -0.2) is 37.7 Å². The number of alkyl halides is 1. The minimum atomic E-state index is -3.42. The molecule has 6 heteroatoms. The van der Waals surface area contributed by atoms with E-state index in [9.17, 15) is 8.42 Å². The molecule has 1 aromatic carbocycles. The van der Waals surface area contributed by atoms with Crippen LogP contribution in [-0.2, 0) is 16.6 Å². The second-order valence-corrected chi connectivity index (χ2v) is 7.13. The van der Waals surface area contributed by atoms with Crippen LogP contribution in [0.4, 0.5) is 0 Å². The van der Waals surface area contributed by atoms with Gasteiger partial charge in [-0.25, -0.2) is 0 Å². The van der Waals surface area contributed by atoms with Crippen LogP contribution in [0.15, 0.2) is 30.3 Å². The van der Waals surface area contributed by atoms with Crippen LogP contribution in [0.5, 0.6) is 0 Å². The van der Waals surface area contributed by atoms with Crippen molar-refractivity contribution in [3.8, 4) is 0 Å². The van der Waals surface area contributed by atoms with Gasteiger partial charge in [-0.15, -0.1) is 11.6 Å². The number of rotatable bonds is 6. The molecule has 1 fully saturated rings. The zero-order chi connectivity index (χ0) is 14.4. The first kappa shape index (κ1) is 15.8. The van der Waals surface area contributed by atoms with Crippen molar-refractivity contribution in [3.63, 3.8) is 0 Å². The summed E-state index contributed by atoms with van der Waals surface area (Å²) in [5.74, 6) is 0.266. The minimum Gasteiger partial charge on any atom is -0.198 e. The predicted octanol–water partition coefficient (Wildman–Crippen LogP) is 2.16. The first-order valence-corrected chi connectivity index (χ1v) is 8.96. The van der Waals surface area contributed by atoms with Crippen LogP contribution in [0, 0.1) is 0 Å². The third kappa shape index (κ3) is 4.45. The lowest BCUT2D eigenvalue weighted by Gasteiger charge is -2.28. The van der Waals surface area contributed by atoms with E-state index in [1.54, 1.807) is 0 Å². The van der Waals surface area contributed by atoms with Gasteiger partial charge in [-0.05, 0) is 24.8 Å². The molecule has 20 heavy (non-hydrogen) atoms. The van der Waals surface area contributed by atoms with Gasteiger partial charge in [0.1, 0.15) is 0 Å². The highest BCUT2D eigenvalue weighted by Crippen LogP contribution is 2.13. The van der Waals surface area contributed by atoms with E-state index in [4.69, 9.17) is 11.6 Å². The molecule has 1 aliphatic rings. The molecule has 2 rings (SSSR count). The van der Waals surface area contributed by atoms with Crippen LogP contribution in [0.1, 0.15) is 24.8 Å². The molecule has 1 atom stereocenters. The van der Waals surface area contributed by atoms with E-state index in [-0.39, 0.29) is 11.9 Å². The number of hydrogen-bond donors (Lipinski definition) is 1. The topological polar surface area (TPSA) is 49.4 Å². The average molecular weight is 317 g/mol. The maximum absolute atomic E-state index is 12.3. The van der Waals surface area contributed by atoms with Crippen LogP contribution < -0.4 is 4.72 Å². The first-order chi connectivity index (χ1) is 9.62. The van der Waals surface area contributed by atoms with Gasteiger partial charge in [-0.1, -0.05) is 36.8 Å². The Morgan fingerprint density at radius 3 is 2.40 bits per heavy atom. The highest BCUT2D eigenvalue weighted by Gasteiger charge is 2.26. The molecule has 1 aliphatic heterocycles. The summed E-state index contributed by atoms with van der Waals surface area (Å²) < 4.78 is 28.9. The van der Waals surface area contributed by atoms with E-state index >= 15 is 0 Å². The van der Waals surface area contributed by atoms with Crippen LogP contribution >= 0.6 is 11.6 Å². The third-order valence-corrected chi connectivity index (χ3v) is 5.53. The second kappa shape index (κ2) is 7.41. The first-order valence-electron chi connectivity index (χ1n) is 6.99. The van der Waals surface area contributed by atoms with Gasteiger partial charge in [0.05, 0.1) is 0 Å². The fourth-order valence-corrected chi connectivity index (χ4v) is 4.17. The molecule has 4 nitrogen and oxygen atoms in total. The number of piperidine rings is 1. The van der Waals surface area contributed by atoms with E-state index in [0.29, 0.717) is 19.5 Å². The Hall–Kier alpha value is -0.620. The molecule has 0 radical (unpaired) electrons. The lowest BCUT2D eigenvalue weighted by molar-refractivity contribution is 0.339. The number of halogens is 1. The molecule has 0 spiro atoms. The molecule has 1 saturated heterocycles. The number of hydrogen-bond acceptors (Lipinski definition) is 2. The SMILES string of the molecule is O=S(=O)(NC(CCl)Cc1ccccc1)N1CCCCC1. The fraction of sp³-hybridized carbons (Fsp3) is 0.571. The molecule has 0 amide bonds. The fourth-order valence-electron chi connectivity index (χ4n) is 2.42. The molecule has 0 aromatic heterocycles. The smallest absolute Gasteiger partial charge is 0.198 e. The summed E-state index contributed by atoms with van der Waals surface area (Å²) in [4.78, 5) is 0. The highest BCUT2D eigenvalue weighted by atomic mass is 35.5. The zero-order valence-electron chi connectivity index (χ0n) is 11.5. The average Bonchev–Trinajstić information content (AvgIpc) is 2.48. The molecule has 0 saturated carbocycles. The maximum atomic E-state index is 12.3. The van der Waals surface area contributed by atoms with E-state index < -0.39 is 10.2 Å². The predicted molar refractivity (Wildman–Crippen MR) is 82.1 cm³/mol. The van der Waals surface area contributed by atoms with Crippen molar-refractivity contribution in [1.82, 2.24) is 9.03 Å². The summed E-state index contributed by atoms with van der Waals surface area (Å²) in [6.07, 6.45) is 3.59. The van der Waals surface area contributed by atoms with Gasteiger partial charge in [-0.2, -0.15) is 17.4 Å². The number of nitrogens with zero attached hydrogens (tertiary/aromatic N) is 1. The van der Waals surface area contributed by atoms with Crippen LogP contribution in [0.25, 0.3) is 0 Å². The second-order valence-electron chi connectivity index (χ2n) is 5.12. The van der Waals surface area contributed by atoms with E-state index in [1.807, 2.05) is 30.3 Å². The van der Waals surface area contributed by atoms with Gasteiger partial charge in [0.25, 0.3) is 10.2 Å². The third-order valence-electron chi connectivity index (χ3n) is 3.48. The quantitative estimate of drug-likeness (QED) is 0.818. The Morgan fingerprint density at radius 1 is 1.15 bits per heavy atom. The van der Waals surface area contributed by atoms with Crippen molar-refractivity contribution in [3.05, 3.63) is 35.9 Å². The van der Waals surface area contributed by atoms with E-state index in [0.717, 1.165) is 24.8 Å². The number of nitrogens with one attached hydrogen (secondary N) is 1. The van der Waals surface area contributed by atoms with Gasteiger partial charge in [0.15, 0.2) is 0 Å². The van der Waals surface area contributed by atoms with Gasteiger partial charge < -0.3 is 0 Å². The van der Waals surface area contributed by atoms with Crippen LogP contribution in [0.3, 0.4) is 0 Å². The van der Waals surface area contributed by atoms with Crippen molar-refractivity contribution in [1.29, 1.82) is 0 Å². The Balaban J connectivity index is 1.98. The Bertz CT molecular complexity index is 501. The van der Waals surface area contributed by atoms with Crippen molar-refractivity contribution >= 4 is 21.8 Å². The summed E-state index contributed by atoms with van der Waals surface area (Å²) in [7, 11) is -3.42. The summed E-state index contributed by atoms with van der Waals surface area (Å²) in [5.41, 5.74) is 1.08. The Morgan fingerprint density at radius 2 is 1.80 bits per heavy atom. The van der Waals surface area contributed by atoms with Gasteiger partial charge in [0, 0.05) is 25.0 Å². The van der Waals surface area contributed by atoms with E-state index in [2.05, 4.69) is 4.72 Å². The molecule has 1 heterocycles. The highest BCUT2D eigenvalue weighted by molar-refractivity contribution is 7.87. The van der Waals surface area contributed by atoms with Crippen molar-refractivity contribution in [2.75, 3.05) is 19.0 Å². The molecule has 0 aliphatic carbocycles. The normalized spacial score (nSPS) is 18.9. The van der Waals surface area contributed by atoms with Gasteiger partial charge >= 0.3 is 0 Å². The lowest BCUT2D eigenvalue weighted by atomic mass is 10.1. The van der Waals surface area contributed by atoms with Gasteiger partial charge in [0.2, 0.25) is 0 Å². The zero-order valence-corrected chi connectivity index (χ0v) is 13.0. The summed E-state index contributed by atoms with van der Waals surface area (Å²) >= 11 is 5.92. The van der Waals surface area contributed by atoms with Crippen molar-refractivity contribution in [2.45, 2.75) is 31.7 Å². The Kier molecular flexibility index (Phi) is 5.84. The molecule has 1 N–H and O–H groups in total. The molecule has 1 aromatic rings. The minimum absolute atomic E-state index is 0.266.